The van der Waals surface area contributed by atoms with Crippen LogP contribution in [0.25, 0.3) is 0 Å². The summed E-state index contributed by atoms with van der Waals surface area (Å²) in [6.07, 6.45) is 0. The summed E-state index contributed by atoms with van der Waals surface area (Å²) in [7, 11) is 0. The number of amides is 1. The molecule has 2 aromatic rings. The molecule has 0 unspecified atom stereocenters. The lowest BCUT2D eigenvalue weighted by Crippen LogP contribution is -2.46. The Bertz CT molecular complexity index is 595. The van der Waals surface area contributed by atoms with Gasteiger partial charge in [-0.25, -0.2) is 0 Å². The third-order valence-electron chi connectivity index (χ3n) is 2.97. The second-order valence-corrected chi connectivity index (χ2v) is 4.60. The summed E-state index contributed by atoms with van der Waals surface area (Å²) in [6, 6.07) is 15.0. The molecule has 0 fully saturated rings. The highest BCUT2D eigenvalue weighted by Crippen LogP contribution is 2.23. The molecule has 1 N–H and O–H groups in total. The van der Waals surface area contributed by atoms with Crippen LogP contribution in [0.3, 0.4) is 0 Å². The first-order chi connectivity index (χ1) is 8.74. The maximum Gasteiger partial charge on any atom is 0.270 e. The molecule has 4 heteroatoms. The first kappa shape index (κ1) is 11.1. The van der Waals surface area contributed by atoms with Crippen molar-refractivity contribution in [2.75, 3.05) is 5.01 Å². The smallest absolute Gasteiger partial charge is 0.270 e. The Balaban J connectivity index is 1.94. The molecule has 1 aliphatic heterocycles. The number of benzene rings is 2. The minimum absolute atomic E-state index is 0.0770. The number of nitrogens with zero attached hydrogens (tertiary/aromatic N) is 1. The fourth-order valence-corrected chi connectivity index (χ4v) is 2.18. The standard InChI is InChI=1S/C14H11ClN2O/c15-11-5-7-12(8-6-11)17-9-10-3-1-2-4-13(10)14(18)16-17/h1-8H,9H2,(H,16,18). The molecule has 1 amide bonds. The molecule has 90 valence electrons. The fraction of sp³-hybridized carbons (Fsp3) is 0.0714. The van der Waals surface area contributed by atoms with E-state index < -0.39 is 0 Å². The Morgan fingerprint density at radius 2 is 1.78 bits per heavy atom. The zero-order valence-electron chi connectivity index (χ0n) is 9.56. The number of hydrazine groups is 1. The number of nitrogens with one attached hydrogen (secondary N) is 1. The normalized spacial score (nSPS) is 14.1. The summed E-state index contributed by atoms with van der Waals surface area (Å²) in [5, 5.41) is 2.50. The number of anilines is 1. The lowest BCUT2D eigenvalue weighted by atomic mass is 10.0. The average molecular weight is 259 g/mol. The Hall–Kier alpha value is -2.00. The molecule has 2 aromatic carbocycles. The van der Waals surface area contributed by atoms with E-state index >= 15 is 0 Å². The molecule has 3 rings (SSSR count). The molecule has 0 radical (unpaired) electrons. The van der Waals surface area contributed by atoms with E-state index in [1.807, 2.05) is 53.5 Å². The molecular weight excluding hydrogens is 248 g/mol. The van der Waals surface area contributed by atoms with Gasteiger partial charge in [0.05, 0.1) is 12.2 Å². The van der Waals surface area contributed by atoms with Crippen molar-refractivity contribution in [2.45, 2.75) is 6.54 Å². The van der Waals surface area contributed by atoms with Crippen LogP contribution in [-0.4, -0.2) is 5.91 Å². The minimum atomic E-state index is -0.0770. The van der Waals surface area contributed by atoms with Gasteiger partial charge in [0.1, 0.15) is 0 Å². The SMILES string of the molecule is O=C1NN(c2ccc(Cl)cc2)Cc2ccccc21. The van der Waals surface area contributed by atoms with Crippen LogP contribution in [0.4, 0.5) is 5.69 Å². The number of carbonyl (C=O) groups excluding carboxylic acids is 1. The van der Waals surface area contributed by atoms with Crippen molar-refractivity contribution in [3.8, 4) is 0 Å². The molecule has 0 aliphatic carbocycles. The number of hydrogen-bond acceptors (Lipinski definition) is 2. The third kappa shape index (κ3) is 1.93. The van der Waals surface area contributed by atoms with Crippen molar-refractivity contribution in [1.29, 1.82) is 0 Å². The average Bonchev–Trinajstić information content (AvgIpc) is 2.39. The summed E-state index contributed by atoms with van der Waals surface area (Å²) in [5.74, 6) is -0.0770. The van der Waals surface area contributed by atoms with Crippen LogP contribution in [-0.2, 0) is 6.54 Å². The summed E-state index contributed by atoms with van der Waals surface area (Å²) in [5.41, 5.74) is 5.54. The Morgan fingerprint density at radius 3 is 2.56 bits per heavy atom. The zero-order valence-corrected chi connectivity index (χ0v) is 10.3. The lowest BCUT2D eigenvalue weighted by Gasteiger charge is -2.30. The van der Waals surface area contributed by atoms with Gasteiger partial charge in [-0.05, 0) is 35.9 Å². The van der Waals surface area contributed by atoms with E-state index in [0.29, 0.717) is 11.6 Å². The monoisotopic (exact) mass is 258 g/mol. The van der Waals surface area contributed by atoms with Gasteiger partial charge >= 0.3 is 0 Å². The second-order valence-electron chi connectivity index (χ2n) is 4.16. The molecule has 0 bridgehead atoms. The second kappa shape index (κ2) is 4.35. The number of fused-ring (bicyclic) bond motifs is 1. The highest BCUT2D eigenvalue weighted by Gasteiger charge is 2.21. The predicted octanol–water partition coefficient (Wildman–Crippen LogP) is 3.01. The number of rotatable bonds is 1. The van der Waals surface area contributed by atoms with E-state index in [2.05, 4.69) is 5.43 Å². The number of carbonyl (C=O) groups is 1. The molecule has 0 aromatic heterocycles. The maximum atomic E-state index is 12.0. The van der Waals surface area contributed by atoms with Crippen LogP contribution < -0.4 is 10.4 Å². The molecule has 1 heterocycles. The van der Waals surface area contributed by atoms with E-state index in [4.69, 9.17) is 11.6 Å². The first-order valence-electron chi connectivity index (χ1n) is 5.66. The van der Waals surface area contributed by atoms with Crippen LogP contribution in [0.15, 0.2) is 48.5 Å². The van der Waals surface area contributed by atoms with Gasteiger partial charge in [0.2, 0.25) is 0 Å². The third-order valence-corrected chi connectivity index (χ3v) is 3.22. The predicted molar refractivity (Wildman–Crippen MR) is 71.5 cm³/mol. The Labute approximate surface area is 110 Å². The molecule has 0 saturated carbocycles. The Kier molecular flexibility index (Phi) is 2.68. The van der Waals surface area contributed by atoms with Crippen LogP contribution in [0, 0.1) is 0 Å². The molecule has 0 atom stereocenters. The molecule has 0 saturated heterocycles. The highest BCUT2D eigenvalue weighted by molar-refractivity contribution is 6.30. The van der Waals surface area contributed by atoms with E-state index in [1.54, 1.807) is 0 Å². The van der Waals surface area contributed by atoms with Crippen molar-refractivity contribution in [2.24, 2.45) is 0 Å². The molecular formula is C14H11ClN2O. The maximum absolute atomic E-state index is 12.0. The summed E-state index contributed by atoms with van der Waals surface area (Å²) < 4.78 is 0. The van der Waals surface area contributed by atoms with Gasteiger partial charge in [0.15, 0.2) is 0 Å². The number of halogens is 1. The van der Waals surface area contributed by atoms with Crippen LogP contribution >= 0.6 is 11.6 Å². The first-order valence-corrected chi connectivity index (χ1v) is 6.04. The quantitative estimate of drug-likeness (QED) is 0.853. The van der Waals surface area contributed by atoms with Gasteiger partial charge in [0, 0.05) is 10.6 Å². The van der Waals surface area contributed by atoms with Gasteiger partial charge in [-0.2, -0.15) is 0 Å². The summed E-state index contributed by atoms with van der Waals surface area (Å²) >= 11 is 5.85. The van der Waals surface area contributed by atoms with Gasteiger partial charge < -0.3 is 0 Å². The van der Waals surface area contributed by atoms with Crippen molar-refractivity contribution >= 4 is 23.2 Å². The topological polar surface area (TPSA) is 32.3 Å². The van der Waals surface area contributed by atoms with E-state index in [9.17, 15) is 4.79 Å². The number of hydrogen-bond donors (Lipinski definition) is 1. The highest BCUT2D eigenvalue weighted by atomic mass is 35.5. The summed E-state index contributed by atoms with van der Waals surface area (Å²) in [4.78, 5) is 12.0. The molecule has 18 heavy (non-hydrogen) atoms. The van der Waals surface area contributed by atoms with Gasteiger partial charge in [-0.15, -0.1) is 0 Å². The van der Waals surface area contributed by atoms with E-state index in [1.165, 1.54) is 0 Å². The van der Waals surface area contributed by atoms with E-state index in [0.717, 1.165) is 16.8 Å². The minimum Gasteiger partial charge on any atom is -0.281 e. The largest absolute Gasteiger partial charge is 0.281 e. The van der Waals surface area contributed by atoms with Crippen molar-refractivity contribution in [3.05, 3.63) is 64.7 Å². The van der Waals surface area contributed by atoms with Gasteiger partial charge in [-0.3, -0.25) is 15.2 Å². The van der Waals surface area contributed by atoms with Crippen molar-refractivity contribution in [1.82, 2.24) is 5.43 Å². The van der Waals surface area contributed by atoms with Crippen LogP contribution in [0.2, 0.25) is 5.02 Å². The van der Waals surface area contributed by atoms with Gasteiger partial charge in [0.25, 0.3) is 5.91 Å². The van der Waals surface area contributed by atoms with Crippen molar-refractivity contribution < 1.29 is 4.79 Å². The van der Waals surface area contributed by atoms with Crippen LogP contribution in [0.1, 0.15) is 15.9 Å². The van der Waals surface area contributed by atoms with Crippen molar-refractivity contribution in [3.63, 3.8) is 0 Å². The van der Waals surface area contributed by atoms with Gasteiger partial charge in [-0.1, -0.05) is 29.8 Å². The Morgan fingerprint density at radius 1 is 1.06 bits per heavy atom. The van der Waals surface area contributed by atoms with E-state index in [-0.39, 0.29) is 5.91 Å². The molecule has 1 aliphatic rings. The molecule has 3 nitrogen and oxygen atoms in total. The molecule has 0 spiro atoms. The van der Waals surface area contributed by atoms with Crippen LogP contribution in [0.5, 0.6) is 0 Å². The fourth-order valence-electron chi connectivity index (χ4n) is 2.05. The lowest BCUT2D eigenvalue weighted by molar-refractivity contribution is 0.0939. The zero-order chi connectivity index (χ0) is 12.5. The summed E-state index contributed by atoms with van der Waals surface area (Å²) in [6.45, 7) is 0.656.